The van der Waals surface area contributed by atoms with Gasteiger partial charge in [-0.05, 0) is 30.2 Å². The summed E-state index contributed by atoms with van der Waals surface area (Å²) in [6, 6.07) is 16.5. The lowest BCUT2D eigenvalue weighted by atomic mass is 10.1. The fraction of sp³-hybridized carbons (Fsp3) is 0.200. The second-order valence-corrected chi connectivity index (χ2v) is 6.57. The second-order valence-electron chi connectivity index (χ2n) is 6.13. The molecule has 0 aliphatic carbocycles. The van der Waals surface area contributed by atoms with Gasteiger partial charge < -0.3 is 15.2 Å². The van der Waals surface area contributed by atoms with E-state index < -0.39 is 0 Å². The fourth-order valence-corrected chi connectivity index (χ4v) is 2.93. The first kappa shape index (κ1) is 18.0. The maximum absolute atomic E-state index is 12.6. The van der Waals surface area contributed by atoms with Gasteiger partial charge in [-0.25, -0.2) is 9.78 Å². The third-order valence-electron chi connectivity index (χ3n) is 4.24. The molecule has 2 unspecified atom stereocenters. The first-order valence-corrected chi connectivity index (χ1v) is 8.77. The minimum absolute atomic E-state index is 0.108. The normalized spacial score (nSPS) is 13.0. The topological polar surface area (TPSA) is 59.0 Å². The van der Waals surface area contributed by atoms with Crippen LogP contribution in [0.2, 0.25) is 5.02 Å². The number of aryl methyl sites for hydroxylation is 1. The van der Waals surface area contributed by atoms with Crippen LogP contribution < -0.4 is 10.6 Å². The highest BCUT2D eigenvalue weighted by Crippen LogP contribution is 2.22. The zero-order valence-electron chi connectivity index (χ0n) is 14.7. The summed E-state index contributed by atoms with van der Waals surface area (Å²) in [5.41, 5.74) is 1.95. The molecule has 26 heavy (non-hydrogen) atoms. The molecule has 2 atom stereocenters. The van der Waals surface area contributed by atoms with Crippen molar-refractivity contribution in [2.45, 2.75) is 19.0 Å². The van der Waals surface area contributed by atoms with Gasteiger partial charge in [0.2, 0.25) is 0 Å². The summed E-state index contributed by atoms with van der Waals surface area (Å²) in [6.45, 7) is 1.95. The lowest BCUT2D eigenvalue weighted by Crippen LogP contribution is -2.40. The Morgan fingerprint density at radius 2 is 1.73 bits per heavy atom. The van der Waals surface area contributed by atoms with Gasteiger partial charge in [-0.15, -0.1) is 0 Å². The lowest BCUT2D eigenvalue weighted by Gasteiger charge is -2.21. The number of amides is 2. The van der Waals surface area contributed by atoms with E-state index in [4.69, 9.17) is 11.6 Å². The summed E-state index contributed by atoms with van der Waals surface area (Å²) in [6.07, 6.45) is 3.56. The number of halogens is 1. The van der Waals surface area contributed by atoms with Gasteiger partial charge in [0.25, 0.3) is 0 Å². The predicted molar refractivity (Wildman–Crippen MR) is 103 cm³/mol. The molecule has 0 saturated heterocycles. The number of hydrogen-bond acceptors (Lipinski definition) is 2. The molecule has 1 aromatic heterocycles. The van der Waals surface area contributed by atoms with Crippen LogP contribution in [0.15, 0.2) is 67.0 Å². The van der Waals surface area contributed by atoms with E-state index >= 15 is 0 Å². The van der Waals surface area contributed by atoms with E-state index in [9.17, 15) is 4.79 Å². The number of aromatic nitrogens is 2. The Morgan fingerprint density at radius 3 is 2.35 bits per heavy atom. The quantitative estimate of drug-likeness (QED) is 0.708. The number of rotatable bonds is 5. The number of nitrogens with zero attached hydrogens (tertiary/aromatic N) is 2. The molecule has 2 aromatic carbocycles. The van der Waals surface area contributed by atoms with E-state index in [0.29, 0.717) is 5.02 Å². The van der Waals surface area contributed by atoms with Crippen LogP contribution in [0.3, 0.4) is 0 Å². The first-order chi connectivity index (χ1) is 12.5. The molecule has 0 fully saturated rings. The Labute approximate surface area is 158 Å². The highest BCUT2D eigenvalue weighted by Gasteiger charge is 2.21. The van der Waals surface area contributed by atoms with Crippen molar-refractivity contribution in [3.8, 4) is 0 Å². The van der Waals surface area contributed by atoms with E-state index in [2.05, 4.69) is 15.6 Å². The molecule has 1 heterocycles. The zero-order chi connectivity index (χ0) is 18.5. The van der Waals surface area contributed by atoms with Crippen molar-refractivity contribution in [1.29, 1.82) is 0 Å². The van der Waals surface area contributed by atoms with E-state index in [1.54, 1.807) is 18.3 Å². The smallest absolute Gasteiger partial charge is 0.316 e. The van der Waals surface area contributed by atoms with Gasteiger partial charge in [0.1, 0.15) is 11.9 Å². The van der Waals surface area contributed by atoms with Gasteiger partial charge in [0, 0.05) is 24.5 Å². The van der Waals surface area contributed by atoms with Crippen LogP contribution in [0.25, 0.3) is 0 Å². The Hall–Kier alpha value is -2.79. The molecule has 0 radical (unpaired) electrons. The largest absolute Gasteiger partial charge is 0.336 e. The minimum Gasteiger partial charge on any atom is -0.336 e. The molecular formula is C20H21ClN4O. The van der Waals surface area contributed by atoms with Gasteiger partial charge in [-0.3, -0.25) is 0 Å². The van der Waals surface area contributed by atoms with Crippen molar-refractivity contribution in [3.05, 3.63) is 89.0 Å². The van der Waals surface area contributed by atoms with Crippen LogP contribution in [0.1, 0.15) is 36.0 Å². The van der Waals surface area contributed by atoms with Gasteiger partial charge in [0.05, 0.1) is 6.04 Å². The molecule has 0 aliphatic heterocycles. The van der Waals surface area contributed by atoms with Gasteiger partial charge in [-0.1, -0.05) is 54.1 Å². The number of carbonyl (C=O) groups excluding carboxylic acids is 1. The highest BCUT2D eigenvalue weighted by molar-refractivity contribution is 6.30. The Bertz CT molecular complexity index is 861. The summed E-state index contributed by atoms with van der Waals surface area (Å²) in [5, 5.41) is 6.64. The third-order valence-corrected chi connectivity index (χ3v) is 4.49. The lowest BCUT2D eigenvalue weighted by molar-refractivity contribution is 0.235. The number of benzene rings is 2. The molecule has 0 spiro atoms. The van der Waals surface area contributed by atoms with Crippen molar-refractivity contribution in [2.24, 2.45) is 7.05 Å². The molecule has 134 valence electrons. The summed E-state index contributed by atoms with van der Waals surface area (Å²) < 4.78 is 1.89. The Kier molecular flexibility index (Phi) is 5.58. The summed E-state index contributed by atoms with van der Waals surface area (Å²) >= 11 is 5.99. The van der Waals surface area contributed by atoms with Gasteiger partial charge in [0.15, 0.2) is 0 Å². The van der Waals surface area contributed by atoms with Crippen molar-refractivity contribution in [3.63, 3.8) is 0 Å². The standard InChI is InChI=1S/C20H21ClN4O/c1-14(15-6-4-3-5-7-15)23-20(26)24-18(19-22-12-13-25(19)2)16-8-10-17(21)11-9-16/h3-14,18H,1-2H3,(H2,23,24,26). The number of urea groups is 1. The molecule has 0 aliphatic rings. The monoisotopic (exact) mass is 368 g/mol. The van der Waals surface area contributed by atoms with Crippen LogP contribution in [-0.4, -0.2) is 15.6 Å². The molecule has 0 bridgehead atoms. The number of nitrogens with one attached hydrogen (secondary N) is 2. The molecule has 5 nitrogen and oxygen atoms in total. The SMILES string of the molecule is CC(NC(=O)NC(c1ccc(Cl)cc1)c1nccn1C)c1ccccc1. The Morgan fingerprint density at radius 1 is 1.04 bits per heavy atom. The summed E-state index contributed by atoms with van der Waals surface area (Å²) in [4.78, 5) is 17.0. The predicted octanol–water partition coefficient (Wildman–Crippen LogP) is 4.22. The fourth-order valence-electron chi connectivity index (χ4n) is 2.80. The molecule has 3 aromatic rings. The maximum Gasteiger partial charge on any atom is 0.316 e. The second kappa shape index (κ2) is 8.06. The van der Waals surface area contributed by atoms with E-state index in [1.165, 1.54) is 0 Å². The maximum atomic E-state index is 12.6. The molecular weight excluding hydrogens is 348 g/mol. The van der Waals surface area contributed by atoms with E-state index in [1.807, 2.05) is 67.2 Å². The molecule has 2 amide bonds. The zero-order valence-corrected chi connectivity index (χ0v) is 15.4. The average molecular weight is 369 g/mol. The highest BCUT2D eigenvalue weighted by atomic mass is 35.5. The molecule has 2 N–H and O–H groups in total. The van der Waals surface area contributed by atoms with Crippen molar-refractivity contribution >= 4 is 17.6 Å². The summed E-state index contributed by atoms with van der Waals surface area (Å²) in [7, 11) is 1.90. The Balaban J connectivity index is 1.78. The van der Waals surface area contributed by atoms with Crippen LogP contribution >= 0.6 is 11.6 Å². The molecule has 3 rings (SSSR count). The third kappa shape index (κ3) is 4.24. The number of carbonyl (C=O) groups is 1. The van der Waals surface area contributed by atoms with E-state index in [-0.39, 0.29) is 18.1 Å². The van der Waals surface area contributed by atoms with Crippen LogP contribution in [0.5, 0.6) is 0 Å². The molecule has 6 heteroatoms. The van der Waals surface area contributed by atoms with Crippen LogP contribution in [0.4, 0.5) is 4.79 Å². The van der Waals surface area contributed by atoms with E-state index in [0.717, 1.165) is 17.0 Å². The van der Waals surface area contributed by atoms with Crippen LogP contribution in [-0.2, 0) is 7.05 Å². The number of imidazole rings is 1. The summed E-state index contributed by atoms with van der Waals surface area (Å²) in [5.74, 6) is 0.745. The minimum atomic E-state index is -0.379. The number of hydrogen-bond donors (Lipinski definition) is 2. The van der Waals surface area contributed by atoms with Crippen molar-refractivity contribution < 1.29 is 4.79 Å². The van der Waals surface area contributed by atoms with Crippen molar-refractivity contribution in [2.75, 3.05) is 0 Å². The van der Waals surface area contributed by atoms with Crippen LogP contribution in [0, 0.1) is 0 Å². The van der Waals surface area contributed by atoms with Gasteiger partial charge >= 0.3 is 6.03 Å². The first-order valence-electron chi connectivity index (χ1n) is 8.39. The molecule has 0 saturated carbocycles. The van der Waals surface area contributed by atoms with Crippen molar-refractivity contribution in [1.82, 2.24) is 20.2 Å². The average Bonchev–Trinajstić information content (AvgIpc) is 3.07. The van der Waals surface area contributed by atoms with Gasteiger partial charge in [-0.2, -0.15) is 0 Å².